The Balaban J connectivity index is 1.01. The van der Waals surface area contributed by atoms with Gasteiger partial charge in [0, 0.05) is 76.8 Å². The van der Waals surface area contributed by atoms with Gasteiger partial charge in [-0.3, -0.25) is 0 Å². The lowest BCUT2D eigenvalue weighted by atomic mass is 9.83. The van der Waals surface area contributed by atoms with Crippen molar-refractivity contribution in [2.45, 2.75) is 331 Å². The van der Waals surface area contributed by atoms with Crippen LogP contribution in [0.3, 0.4) is 0 Å². The van der Waals surface area contributed by atoms with Crippen molar-refractivity contribution in [3.05, 3.63) is 232 Å². The van der Waals surface area contributed by atoms with Crippen molar-refractivity contribution in [2.75, 3.05) is 57.8 Å². The number of carbonyl (C=O) groups is 1. The molecule has 3 aliphatic rings. The predicted octanol–water partition coefficient (Wildman–Crippen LogP) is 38.8. The second-order valence-electron chi connectivity index (χ2n) is 41.0. The Morgan fingerprint density at radius 3 is 1.07 bits per heavy atom. The monoisotopic (exact) mass is 2040 g/mol. The number of aromatic carboxylic acids is 1. The first-order valence-electron chi connectivity index (χ1n) is 57.1. The number of hydrogen-bond acceptors (Lipinski definition) is 14. The summed E-state index contributed by atoms with van der Waals surface area (Å²) in [5.74, 6) is 12.8. The van der Waals surface area contributed by atoms with Gasteiger partial charge < -0.3 is 57.9 Å². The fourth-order valence-corrected chi connectivity index (χ4v) is 23.0. The number of anilines is 3. The molecule has 17 heteroatoms. The van der Waals surface area contributed by atoms with Crippen molar-refractivity contribution in [3.63, 3.8) is 0 Å². The second-order valence-corrected chi connectivity index (χ2v) is 43.2. The van der Waals surface area contributed by atoms with Crippen LogP contribution in [0.15, 0.2) is 182 Å². The van der Waals surface area contributed by atoms with Gasteiger partial charge in [-0.15, -0.1) is 22.7 Å². The highest BCUT2D eigenvalue weighted by molar-refractivity contribution is 7.24. The van der Waals surface area contributed by atoms with Gasteiger partial charge in [-0.2, -0.15) is 0 Å². The van der Waals surface area contributed by atoms with E-state index in [1.165, 1.54) is 111 Å². The van der Waals surface area contributed by atoms with E-state index in [1.807, 2.05) is 12.1 Å². The van der Waals surface area contributed by atoms with Crippen LogP contribution in [-0.4, -0.2) is 83.9 Å². The van der Waals surface area contributed by atoms with Gasteiger partial charge in [-0.05, 0) is 225 Å². The van der Waals surface area contributed by atoms with Crippen molar-refractivity contribution >= 4 is 92.1 Å². The van der Waals surface area contributed by atoms with E-state index in [0.717, 1.165) is 289 Å². The summed E-state index contributed by atoms with van der Waals surface area (Å²) < 4.78 is 56.0. The zero-order chi connectivity index (χ0) is 104. The molecule has 0 radical (unpaired) electrons. The highest BCUT2D eigenvalue weighted by atomic mass is 32.1. The molecule has 0 saturated heterocycles. The van der Waals surface area contributed by atoms with Crippen LogP contribution in [0.1, 0.15) is 381 Å². The number of hydrogen-bond donors (Lipinski definition) is 3. The molecule has 2 aliphatic heterocycles. The van der Waals surface area contributed by atoms with E-state index in [9.17, 15) is 9.90 Å². The highest BCUT2D eigenvalue weighted by Gasteiger charge is 2.40. The number of H-pyrrole nitrogens is 2. The molecule has 149 heavy (non-hydrogen) atoms. The zero-order valence-electron chi connectivity index (χ0n) is 90.9. The molecule has 7 heterocycles. The van der Waals surface area contributed by atoms with Gasteiger partial charge >= 0.3 is 5.97 Å². The number of benzene rings is 7. The fraction of sp³-hybridized carbons (Fsp3) is 0.447. The van der Waals surface area contributed by atoms with Crippen molar-refractivity contribution in [1.29, 1.82) is 0 Å². The van der Waals surface area contributed by atoms with E-state index in [1.54, 1.807) is 34.8 Å². The summed E-state index contributed by atoms with van der Waals surface area (Å²) in [6.45, 7) is 27.2. The maximum Gasteiger partial charge on any atom is 0.335 e. The summed E-state index contributed by atoms with van der Waals surface area (Å²) in [7, 11) is 0. The molecule has 15 nitrogen and oxygen atoms in total. The van der Waals surface area contributed by atoms with Gasteiger partial charge in [-0.1, -0.05) is 335 Å². The molecule has 3 N–H and O–H groups in total. The molecule has 7 aromatic carbocycles. The Hall–Kier alpha value is -12.2. The van der Waals surface area contributed by atoms with Gasteiger partial charge in [0.05, 0.1) is 119 Å². The molecular formula is C132H163N5O10S2. The lowest BCUT2D eigenvalue weighted by Crippen LogP contribution is -2.13. The van der Waals surface area contributed by atoms with E-state index in [0.29, 0.717) is 104 Å². The van der Waals surface area contributed by atoms with Crippen molar-refractivity contribution < 1.29 is 47.8 Å². The Kier molecular flexibility index (Phi) is 43.4. The first kappa shape index (κ1) is 111. The molecule has 788 valence electrons. The number of aromatic amines is 2. The van der Waals surface area contributed by atoms with Crippen LogP contribution in [0.25, 0.3) is 111 Å². The van der Waals surface area contributed by atoms with Crippen molar-refractivity contribution in [1.82, 2.24) is 19.9 Å². The molecule has 15 rings (SSSR count). The number of carboxylic acid groups (broad SMARTS) is 1. The largest absolute Gasteiger partial charge is 0.493 e. The summed E-state index contributed by atoms with van der Waals surface area (Å²) in [5.41, 5.74) is 19.7. The zero-order valence-corrected chi connectivity index (χ0v) is 92.5. The normalized spacial score (nSPS) is 12.2. The molecule has 5 aromatic heterocycles. The number of rotatable bonds is 65. The maximum atomic E-state index is 12.1. The second kappa shape index (κ2) is 58.2. The fourth-order valence-electron chi connectivity index (χ4n) is 20.4. The highest BCUT2D eigenvalue weighted by Crippen LogP contribution is 2.58. The van der Waals surface area contributed by atoms with Crippen LogP contribution in [0.5, 0.6) is 46.0 Å². The summed E-state index contributed by atoms with van der Waals surface area (Å²) >= 11 is 3.47. The molecular weight excluding hydrogens is 1880 g/mol. The Labute approximate surface area is 897 Å². The molecule has 8 bridgehead atoms. The molecule has 1 aliphatic carbocycles. The van der Waals surface area contributed by atoms with E-state index in [4.69, 9.17) is 47.9 Å². The third-order valence-corrected chi connectivity index (χ3v) is 31.4. The minimum absolute atomic E-state index is 0.263. The van der Waals surface area contributed by atoms with Crippen LogP contribution < -0.4 is 42.8 Å². The van der Waals surface area contributed by atoms with Gasteiger partial charge in [0.15, 0.2) is 0 Å². The molecule has 0 spiro atoms. The lowest BCUT2D eigenvalue weighted by Gasteiger charge is -2.27. The van der Waals surface area contributed by atoms with Crippen LogP contribution in [-0.2, 0) is 5.41 Å². The van der Waals surface area contributed by atoms with Gasteiger partial charge in [-0.25, -0.2) is 14.8 Å². The minimum Gasteiger partial charge on any atom is -0.493 e. The number of ether oxygens (including phenoxy) is 8. The number of carboxylic acids is 1. The van der Waals surface area contributed by atoms with Crippen molar-refractivity contribution in [2.24, 2.45) is 0 Å². The summed E-state index contributed by atoms with van der Waals surface area (Å²) in [6, 6.07) is 64.0. The van der Waals surface area contributed by atoms with Crippen LogP contribution >= 0.6 is 22.7 Å². The Morgan fingerprint density at radius 2 is 0.658 bits per heavy atom. The van der Waals surface area contributed by atoms with Gasteiger partial charge in [0.25, 0.3) is 0 Å². The summed E-state index contributed by atoms with van der Waals surface area (Å²) in [4.78, 5) is 39.4. The molecule has 0 fully saturated rings. The average molecular weight is 2040 g/mol. The molecule has 0 saturated carbocycles. The minimum atomic E-state index is -0.942. The van der Waals surface area contributed by atoms with E-state index in [2.05, 4.69) is 278 Å². The van der Waals surface area contributed by atoms with Crippen molar-refractivity contribution in [3.8, 4) is 123 Å². The number of nitrogens with one attached hydrogen (secondary N) is 2. The number of fused-ring (bicyclic) bond motifs is 11. The van der Waals surface area contributed by atoms with Crippen LogP contribution in [0, 0.1) is 11.8 Å². The summed E-state index contributed by atoms with van der Waals surface area (Å²) in [6.07, 6.45) is 53.0. The lowest BCUT2D eigenvalue weighted by molar-refractivity contribution is 0.0696. The first-order chi connectivity index (χ1) is 73.2. The average Bonchev–Trinajstić information content (AvgIpc) is 1.55. The van der Waals surface area contributed by atoms with Gasteiger partial charge in [0.1, 0.15) is 46.0 Å². The molecule has 0 unspecified atom stereocenters. The number of aromatic nitrogens is 4. The number of unbranched alkanes of at least 4 members (excludes halogenated alkanes) is 32. The third kappa shape index (κ3) is 30.0. The summed E-state index contributed by atoms with van der Waals surface area (Å²) in [5, 5.41) is 9.88. The third-order valence-electron chi connectivity index (χ3n) is 29.0. The van der Waals surface area contributed by atoms with E-state index >= 15 is 0 Å². The Bertz CT molecular complexity index is 6310. The van der Waals surface area contributed by atoms with Crippen LogP contribution in [0.2, 0.25) is 0 Å². The quantitative estimate of drug-likeness (QED) is 0.0243. The molecule has 0 atom stereocenters. The maximum absolute atomic E-state index is 12.1. The predicted molar refractivity (Wildman–Crippen MR) is 627 cm³/mol. The molecule has 12 aromatic rings. The SMILES string of the molecule is CCCCCCCCOc1cccc(OCCCCCCCC)c1-c1c2nc(c(N(c3ccc(-c4ccc(OCCCCCC)cc4OCCCCCC)cc3)c3ccc(-c4ccc(OCCCCCC)cc4OCCCCCC)cc3)c3ccc([nH]3)c(-c3c(OCCCCCCCC)cccc3OCCCCCCCC)c3nc(c(C#Cc4cc5c(s4)-c4sc(-c6ccc(C(=O)O)cc6)cc4C5(C)C)c4ccc1[nH]4)C=C3)C=C2. The van der Waals surface area contributed by atoms with Gasteiger partial charge in [0.2, 0.25) is 0 Å². The number of nitrogens with zero attached hydrogens (tertiary/aromatic N) is 3. The Morgan fingerprint density at radius 1 is 0.322 bits per heavy atom. The topological polar surface area (TPSA) is 172 Å². The first-order valence-corrected chi connectivity index (χ1v) is 58.8. The molecule has 0 amide bonds. The smallest absolute Gasteiger partial charge is 0.335 e. The number of thiophene rings is 2. The van der Waals surface area contributed by atoms with E-state index in [-0.39, 0.29) is 11.0 Å². The van der Waals surface area contributed by atoms with E-state index < -0.39 is 5.97 Å². The van der Waals surface area contributed by atoms with Crippen LogP contribution in [0.4, 0.5) is 17.1 Å². The standard InChI is InChI=1S/C132H163N5O10S2/c1-11-19-27-35-39-47-85-142-117-53-51-54-118(143-86-48-40-36-28-20-12-2)126(117)124-111-77-75-109(133-111)106(74-71-103-93-107-129(148-103)130-108(132(107,9)10)94-123(149-130)97-57-59-98(60-58-97)131(138)139)110-76-78-112(134-110)125(127-119(144-87-49-41-37-29-21-13-3)55-52-56-120(127)145-88-50-42-38-30-22-14-4)114-80-82-116(136-114)128(115-81-79-113(124)135-115)137(99-65-61-95(62-66-99)104-72-69-101(140-83-43-31-23-15-5)91-121(104)146-89-45-33-25-17-7)100-67-63-96(64-68-100)105-73-70-102(141-84-44-32-24-16-6)92-122(105)147-90-46-34-26-18-8/h51-70,72-73,75-82,91-94,133,136H,11-50,83-90H2,1-10H3,(H,138,139).